The van der Waals surface area contributed by atoms with E-state index in [2.05, 4.69) is 6.92 Å². The van der Waals surface area contributed by atoms with Gasteiger partial charge in [0.2, 0.25) is 0 Å². The number of ether oxygens (including phenoxy) is 2. The summed E-state index contributed by atoms with van der Waals surface area (Å²) in [6, 6.07) is 3.81. The van der Waals surface area contributed by atoms with Crippen LogP contribution in [0.3, 0.4) is 0 Å². The van der Waals surface area contributed by atoms with Crippen molar-refractivity contribution in [2.75, 3.05) is 13.7 Å². The molecule has 2 unspecified atom stereocenters. The van der Waals surface area contributed by atoms with Crippen molar-refractivity contribution in [1.82, 2.24) is 4.90 Å². The summed E-state index contributed by atoms with van der Waals surface area (Å²) in [6.45, 7) is 9.02. The van der Waals surface area contributed by atoms with Gasteiger partial charge in [0.15, 0.2) is 0 Å². The Labute approximate surface area is 138 Å². The number of furan rings is 1. The van der Waals surface area contributed by atoms with E-state index in [1.807, 2.05) is 37.8 Å². The van der Waals surface area contributed by atoms with Crippen molar-refractivity contribution >= 4 is 6.09 Å². The third-order valence-electron chi connectivity index (χ3n) is 4.21. The Morgan fingerprint density at radius 3 is 2.74 bits per heavy atom. The highest BCUT2D eigenvalue weighted by molar-refractivity contribution is 5.69. The van der Waals surface area contributed by atoms with Gasteiger partial charge in [0.05, 0.1) is 6.04 Å². The van der Waals surface area contributed by atoms with Crippen molar-refractivity contribution in [3.8, 4) is 0 Å². The monoisotopic (exact) mass is 323 g/mol. The van der Waals surface area contributed by atoms with Crippen molar-refractivity contribution in [3.63, 3.8) is 0 Å². The van der Waals surface area contributed by atoms with Gasteiger partial charge >= 0.3 is 6.09 Å². The molecule has 0 spiro atoms. The van der Waals surface area contributed by atoms with Gasteiger partial charge in [0.1, 0.15) is 23.7 Å². The van der Waals surface area contributed by atoms with Crippen molar-refractivity contribution in [2.24, 2.45) is 5.92 Å². The fourth-order valence-electron chi connectivity index (χ4n) is 3.01. The van der Waals surface area contributed by atoms with E-state index in [1.54, 1.807) is 7.11 Å². The van der Waals surface area contributed by atoms with Crippen LogP contribution in [0, 0.1) is 5.92 Å². The maximum absolute atomic E-state index is 12.6. The molecule has 0 saturated carbocycles. The number of piperidine rings is 1. The van der Waals surface area contributed by atoms with Crippen LogP contribution in [0.15, 0.2) is 16.5 Å². The molecule has 23 heavy (non-hydrogen) atoms. The minimum atomic E-state index is -0.492. The maximum atomic E-state index is 12.6. The number of likely N-dealkylation sites (tertiary alicyclic amines) is 1. The Balaban J connectivity index is 2.19. The molecule has 0 bridgehead atoms. The second kappa shape index (κ2) is 7.39. The molecule has 5 nitrogen and oxygen atoms in total. The lowest BCUT2D eigenvalue weighted by atomic mass is 9.88. The van der Waals surface area contributed by atoms with Gasteiger partial charge in [-0.15, -0.1) is 0 Å². The lowest BCUT2D eigenvalue weighted by Gasteiger charge is -2.38. The molecule has 1 saturated heterocycles. The molecule has 0 N–H and O–H groups in total. The zero-order chi connectivity index (χ0) is 17.0. The van der Waals surface area contributed by atoms with E-state index in [4.69, 9.17) is 13.9 Å². The van der Waals surface area contributed by atoms with E-state index in [0.717, 1.165) is 30.8 Å². The average molecular weight is 323 g/mol. The molecule has 0 aliphatic carbocycles. The molecule has 1 aromatic rings. The van der Waals surface area contributed by atoms with Gasteiger partial charge in [-0.1, -0.05) is 13.3 Å². The third-order valence-corrected chi connectivity index (χ3v) is 4.21. The minimum Gasteiger partial charge on any atom is -0.461 e. The second-order valence-electron chi connectivity index (χ2n) is 7.23. The summed E-state index contributed by atoms with van der Waals surface area (Å²) in [5.74, 6) is 2.21. The van der Waals surface area contributed by atoms with Crippen LogP contribution in [0.5, 0.6) is 0 Å². The third kappa shape index (κ3) is 4.74. The predicted octanol–water partition coefficient (Wildman–Crippen LogP) is 4.52. The normalized spacial score (nSPS) is 22.2. The molecule has 1 aliphatic heterocycles. The number of hydrogen-bond donors (Lipinski definition) is 0. The van der Waals surface area contributed by atoms with Crippen molar-refractivity contribution in [2.45, 2.75) is 65.2 Å². The fraction of sp³-hybridized carbons (Fsp3) is 0.722. The summed E-state index contributed by atoms with van der Waals surface area (Å²) in [4.78, 5) is 14.4. The first-order valence-corrected chi connectivity index (χ1v) is 8.41. The largest absolute Gasteiger partial charge is 0.461 e. The molecule has 2 atom stereocenters. The molecular weight excluding hydrogens is 294 g/mol. The number of amides is 1. The Hall–Kier alpha value is -1.49. The van der Waals surface area contributed by atoms with E-state index in [1.165, 1.54) is 0 Å². The van der Waals surface area contributed by atoms with Gasteiger partial charge in [-0.25, -0.2) is 4.79 Å². The molecule has 0 aromatic carbocycles. The number of carbonyl (C=O) groups is 1. The summed E-state index contributed by atoms with van der Waals surface area (Å²) < 4.78 is 16.6. The summed E-state index contributed by atoms with van der Waals surface area (Å²) in [5, 5.41) is 0. The lowest BCUT2D eigenvalue weighted by molar-refractivity contribution is 0.000401. The van der Waals surface area contributed by atoms with E-state index >= 15 is 0 Å². The van der Waals surface area contributed by atoms with Crippen LogP contribution in [0.25, 0.3) is 0 Å². The highest BCUT2D eigenvalue weighted by Crippen LogP contribution is 2.37. The van der Waals surface area contributed by atoms with Gasteiger partial charge in [0, 0.05) is 13.7 Å². The Morgan fingerprint density at radius 1 is 1.39 bits per heavy atom. The highest BCUT2D eigenvalue weighted by atomic mass is 16.6. The Morgan fingerprint density at radius 2 is 2.13 bits per heavy atom. The Bertz CT molecular complexity index is 517. The van der Waals surface area contributed by atoms with Crippen LogP contribution in [0.2, 0.25) is 0 Å². The van der Waals surface area contributed by atoms with Gasteiger partial charge < -0.3 is 13.9 Å². The van der Waals surface area contributed by atoms with Crippen LogP contribution in [0.4, 0.5) is 4.79 Å². The summed E-state index contributed by atoms with van der Waals surface area (Å²) in [7, 11) is 1.64. The zero-order valence-electron chi connectivity index (χ0n) is 14.9. The molecule has 1 aromatic heterocycles. The molecule has 130 valence electrons. The van der Waals surface area contributed by atoms with E-state index in [-0.39, 0.29) is 12.1 Å². The van der Waals surface area contributed by atoms with Gasteiger partial charge in [-0.3, -0.25) is 4.90 Å². The second-order valence-corrected chi connectivity index (χ2v) is 7.23. The first kappa shape index (κ1) is 17.9. The minimum absolute atomic E-state index is 0.0610. The summed E-state index contributed by atoms with van der Waals surface area (Å²) in [5.41, 5.74) is -0.492. The Kier molecular flexibility index (Phi) is 5.74. The van der Waals surface area contributed by atoms with E-state index < -0.39 is 5.60 Å². The number of rotatable bonds is 4. The topological polar surface area (TPSA) is 51.9 Å². The van der Waals surface area contributed by atoms with Crippen molar-refractivity contribution in [3.05, 3.63) is 23.7 Å². The van der Waals surface area contributed by atoms with Gasteiger partial charge in [-0.2, -0.15) is 0 Å². The molecule has 2 heterocycles. The van der Waals surface area contributed by atoms with Crippen LogP contribution < -0.4 is 0 Å². The van der Waals surface area contributed by atoms with Crippen LogP contribution in [-0.4, -0.2) is 30.2 Å². The molecule has 1 fully saturated rings. The standard InChI is InChI=1S/C18H29NO4/c1-6-13-9-10-19(17(20)23-18(2,3)4)15(11-13)16-8-7-14(22-16)12-21-5/h7-8,13,15H,6,9-12H2,1-5H3. The molecule has 0 radical (unpaired) electrons. The van der Waals surface area contributed by atoms with Gasteiger partial charge in [-0.05, 0) is 51.7 Å². The average Bonchev–Trinajstić information content (AvgIpc) is 2.93. The van der Waals surface area contributed by atoms with Crippen LogP contribution in [0.1, 0.15) is 64.5 Å². The molecule has 2 rings (SSSR count). The fourth-order valence-corrected chi connectivity index (χ4v) is 3.01. The van der Waals surface area contributed by atoms with Crippen LogP contribution in [-0.2, 0) is 16.1 Å². The first-order chi connectivity index (χ1) is 10.8. The number of nitrogens with zero attached hydrogens (tertiary/aromatic N) is 1. The predicted molar refractivity (Wildman–Crippen MR) is 88.1 cm³/mol. The quantitative estimate of drug-likeness (QED) is 0.817. The number of hydrogen-bond acceptors (Lipinski definition) is 4. The lowest BCUT2D eigenvalue weighted by Crippen LogP contribution is -2.43. The molecule has 5 heteroatoms. The molecular formula is C18H29NO4. The zero-order valence-corrected chi connectivity index (χ0v) is 14.9. The van der Waals surface area contributed by atoms with Crippen molar-refractivity contribution < 1.29 is 18.7 Å². The van der Waals surface area contributed by atoms with Gasteiger partial charge in [0.25, 0.3) is 0 Å². The SMILES string of the molecule is CCC1CCN(C(=O)OC(C)(C)C)C(c2ccc(COC)o2)C1. The first-order valence-electron chi connectivity index (χ1n) is 8.41. The summed E-state index contributed by atoms with van der Waals surface area (Å²) >= 11 is 0. The highest BCUT2D eigenvalue weighted by Gasteiger charge is 2.36. The smallest absolute Gasteiger partial charge is 0.410 e. The van der Waals surface area contributed by atoms with E-state index in [0.29, 0.717) is 19.1 Å². The van der Waals surface area contributed by atoms with Crippen LogP contribution >= 0.6 is 0 Å². The number of carbonyl (C=O) groups excluding carboxylic acids is 1. The summed E-state index contributed by atoms with van der Waals surface area (Å²) in [6.07, 6.45) is 2.78. The van der Waals surface area contributed by atoms with E-state index in [9.17, 15) is 4.79 Å². The maximum Gasteiger partial charge on any atom is 0.410 e. The molecule has 1 amide bonds. The number of methoxy groups -OCH3 is 1. The molecule has 1 aliphatic rings. The van der Waals surface area contributed by atoms with Crippen molar-refractivity contribution in [1.29, 1.82) is 0 Å².